The number of hydrogen-bond donors (Lipinski definition) is 0. The minimum absolute atomic E-state index is 0.239. The lowest BCUT2D eigenvalue weighted by Crippen LogP contribution is -2.36. The first-order valence-corrected chi connectivity index (χ1v) is 8.21. The molecule has 132 valence electrons. The van der Waals surface area contributed by atoms with Crippen molar-refractivity contribution >= 4 is 22.1 Å². The summed E-state index contributed by atoms with van der Waals surface area (Å²) in [5.74, 6) is -2.26. The molecule has 0 aromatic carbocycles. The van der Waals surface area contributed by atoms with Gasteiger partial charge in [0.25, 0.3) is 0 Å². The van der Waals surface area contributed by atoms with Gasteiger partial charge in [-0.3, -0.25) is 4.79 Å². The highest BCUT2D eigenvalue weighted by Crippen LogP contribution is 2.29. The summed E-state index contributed by atoms with van der Waals surface area (Å²) < 4.78 is 66.0. The second-order valence-electron chi connectivity index (χ2n) is 5.36. The van der Waals surface area contributed by atoms with Gasteiger partial charge in [-0.25, -0.2) is 13.2 Å². The quantitative estimate of drug-likeness (QED) is 0.402. The second kappa shape index (κ2) is 7.35. The predicted molar refractivity (Wildman–Crippen MR) is 72.3 cm³/mol. The molecule has 0 aliphatic heterocycles. The van der Waals surface area contributed by atoms with E-state index in [0.717, 1.165) is 0 Å². The molecule has 0 atom stereocenters. The van der Waals surface area contributed by atoms with Gasteiger partial charge in [-0.15, -0.1) is 0 Å². The zero-order chi connectivity index (χ0) is 17.8. The van der Waals surface area contributed by atoms with Crippen molar-refractivity contribution in [3.8, 4) is 0 Å². The number of carbonyl (C=O) groups excluding carboxylic acids is 2. The van der Waals surface area contributed by atoms with Crippen molar-refractivity contribution < 1.29 is 40.8 Å². The summed E-state index contributed by atoms with van der Waals surface area (Å²) in [5, 5.41) is -4.66. The minimum atomic E-state index is -5.89. The fraction of sp³-hybridized carbons (Fsp3) is 0.692. The number of esters is 2. The minimum Gasteiger partial charge on any atom is -0.743 e. The summed E-state index contributed by atoms with van der Waals surface area (Å²) in [5.41, 5.74) is 0.243. The van der Waals surface area contributed by atoms with Gasteiger partial charge in [0.05, 0.1) is 5.92 Å². The van der Waals surface area contributed by atoms with Gasteiger partial charge in [0.1, 0.15) is 6.10 Å². The molecule has 0 amide bonds. The fourth-order valence-electron chi connectivity index (χ4n) is 2.01. The molecule has 7 nitrogen and oxygen atoms in total. The summed E-state index contributed by atoms with van der Waals surface area (Å²) in [4.78, 5) is 23.0. The third-order valence-corrected chi connectivity index (χ3v) is 4.23. The van der Waals surface area contributed by atoms with E-state index in [1.807, 2.05) is 0 Å². The largest absolute Gasteiger partial charge is 0.743 e. The molecule has 0 heterocycles. The Morgan fingerprint density at radius 2 is 1.78 bits per heavy atom. The highest BCUT2D eigenvalue weighted by Gasteiger charge is 2.40. The highest BCUT2D eigenvalue weighted by molar-refractivity contribution is 7.86. The molecular formula is C13H17F2O7S-. The van der Waals surface area contributed by atoms with E-state index >= 15 is 0 Å². The van der Waals surface area contributed by atoms with Crippen LogP contribution in [0.5, 0.6) is 0 Å². The van der Waals surface area contributed by atoms with Gasteiger partial charge in [0.15, 0.2) is 16.7 Å². The first-order valence-electron chi connectivity index (χ1n) is 6.80. The summed E-state index contributed by atoms with van der Waals surface area (Å²) >= 11 is 0. The lowest BCUT2D eigenvalue weighted by atomic mass is 9.87. The van der Waals surface area contributed by atoms with E-state index in [-0.39, 0.29) is 18.4 Å². The van der Waals surface area contributed by atoms with Gasteiger partial charge in [-0.05, 0) is 32.6 Å². The zero-order valence-corrected chi connectivity index (χ0v) is 13.2. The average Bonchev–Trinajstić information content (AvgIpc) is 2.44. The molecule has 0 spiro atoms. The Hall–Kier alpha value is -1.55. The van der Waals surface area contributed by atoms with Crippen molar-refractivity contribution in [1.29, 1.82) is 0 Å². The monoisotopic (exact) mass is 355 g/mol. The molecule has 0 saturated heterocycles. The van der Waals surface area contributed by atoms with Crippen LogP contribution in [0.25, 0.3) is 0 Å². The molecule has 1 aliphatic rings. The van der Waals surface area contributed by atoms with Crippen molar-refractivity contribution in [2.75, 3.05) is 6.61 Å². The number of carbonyl (C=O) groups is 2. The van der Waals surface area contributed by atoms with Crippen LogP contribution >= 0.6 is 0 Å². The van der Waals surface area contributed by atoms with Crippen LogP contribution in [0, 0.1) is 5.92 Å². The van der Waals surface area contributed by atoms with E-state index in [0.29, 0.717) is 12.8 Å². The van der Waals surface area contributed by atoms with Crippen molar-refractivity contribution in [3.63, 3.8) is 0 Å². The van der Waals surface area contributed by atoms with E-state index < -0.39 is 45.9 Å². The smallest absolute Gasteiger partial charge is 0.367 e. The number of halogens is 2. The highest BCUT2D eigenvalue weighted by atomic mass is 32.2. The molecule has 0 N–H and O–H groups in total. The molecule has 23 heavy (non-hydrogen) atoms. The van der Waals surface area contributed by atoms with Crippen LogP contribution in [0.1, 0.15) is 32.6 Å². The Kier molecular flexibility index (Phi) is 6.23. The SMILES string of the molecule is C=C(C)C(=O)OC1CCC(C(=O)OCC(F)(F)S(=O)(=O)[O-])CC1. The first-order chi connectivity index (χ1) is 10.4. The molecule has 0 aromatic heterocycles. The van der Waals surface area contributed by atoms with Gasteiger partial charge in [-0.1, -0.05) is 6.58 Å². The van der Waals surface area contributed by atoms with E-state index in [9.17, 15) is 31.3 Å². The van der Waals surface area contributed by atoms with Crippen molar-refractivity contribution in [2.45, 2.75) is 44.0 Å². The maximum Gasteiger partial charge on any atom is 0.367 e. The van der Waals surface area contributed by atoms with E-state index in [4.69, 9.17) is 4.74 Å². The molecule has 0 unspecified atom stereocenters. The molecular weight excluding hydrogens is 338 g/mol. The van der Waals surface area contributed by atoms with Gasteiger partial charge in [0, 0.05) is 5.57 Å². The Bertz CT molecular complexity index is 577. The fourth-order valence-corrected chi connectivity index (χ4v) is 2.22. The normalized spacial score (nSPS) is 22.3. The Balaban J connectivity index is 2.44. The lowest BCUT2D eigenvalue weighted by molar-refractivity contribution is -0.157. The molecule has 1 rings (SSSR count). The number of ether oxygens (including phenoxy) is 2. The predicted octanol–water partition coefficient (Wildman–Crippen LogP) is 1.35. The van der Waals surface area contributed by atoms with Crippen LogP contribution in [0.3, 0.4) is 0 Å². The molecule has 0 bridgehead atoms. The molecule has 1 aliphatic carbocycles. The number of rotatable bonds is 6. The van der Waals surface area contributed by atoms with Gasteiger partial charge >= 0.3 is 17.2 Å². The zero-order valence-electron chi connectivity index (χ0n) is 12.4. The first kappa shape index (κ1) is 19.5. The molecule has 0 radical (unpaired) electrons. The van der Waals surface area contributed by atoms with Gasteiger partial charge in [0.2, 0.25) is 0 Å². The van der Waals surface area contributed by atoms with E-state index in [2.05, 4.69) is 11.3 Å². The van der Waals surface area contributed by atoms with Crippen LogP contribution in [0.4, 0.5) is 8.78 Å². The van der Waals surface area contributed by atoms with Crippen LogP contribution in [-0.4, -0.2) is 42.9 Å². The van der Waals surface area contributed by atoms with Crippen LogP contribution in [-0.2, 0) is 29.2 Å². The number of hydrogen-bond acceptors (Lipinski definition) is 7. The summed E-state index contributed by atoms with van der Waals surface area (Å²) in [6.45, 7) is 3.13. The molecule has 1 fully saturated rings. The second-order valence-corrected chi connectivity index (χ2v) is 6.86. The number of alkyl halides is 2. The Morgan fingerprint density at radius 1 is 1.26 bits per heavy atom. The van der Waals surface area contributed by atoms with Crippen molar-refractivity contribution in [2.24, 2.45) is 5.92 Å². The average molecular weight is 355 g/mol. The molecule has 1 saturated carbocycles. The lowest BCUT2D eigenvalue weighted by Gasteiger charge is -2.27. The molecule has 0 aromatic rings. The van der Waals surface area contributed by atoms with Crippen molar-refractivity contribution in [3.05, 3.63) is 12.2 Å². The molecule has 10 heteroatoms. The van der Waals surface area contributed by atoms with Crippen molar-refractivity contribution in [1.82, 2.24) is 0 Å². The maximum absolute atomic E-state index is 12.9. The Labute approximate surface area is 132 Å². The topological polar surface area (TPSA) is 110 Å². The van der Waals surface area contributed by atoms with Crippen LogP contribution in [0.15, 0.2) is 12.2 Å². The van der Waals surface area contributed by atoms with Crippen LogP contribution in [0.2, 0.25) is 0 Å². The standard InChI is InChI=1S/C13H18F2O7S/c1-8(2)11(16)22-10-5-3-9(4-6-10)12(17)21-7-13(14,15)23(18,19)20/h9-10H,1,3-7H2,2H3,(H,18,19,20)/p-1. The maximum atomic E-state index is 12.9. The third kappa shape index (κ3) is 5.54. The summed E-state index contributed by atoms with van der Waals surface area (Å²) in [6, 6.07) is 0. The summed E-state index contributed by atoms with van der Waals surface area (Å²) in [6.07, 6.45) is 0.766. The Morgan fingerprint density at radius 3 is 2.22 bits per heavy atom. The van der Waals surface area contributed by atoms with E-state index in [1.165, 1.54) is 6.92 Å². The summed E-state index contributed by atoms with van der Waals surface area (Å²) in [7, 11) is -5.89. The third-order valence-electron chi connectivity index (χ3n) is 3.38. The van der Waals surface area contributed by atoms with Crippen LogP contribution < -0.4 is 0 Å². The van der Waals surface area contributed by atoms with E-state index in [1.54, 1.807) is 0 Å². The van der Waals surface area contributed by atoms with Gasteiger partial charge in [-0.2, -0.15) is 8.78 Å². The van der Waals surface area contributed by atoms with Gasteiger partial charge < -0.3 is 14.0 Å².